The summed E-state index contributed by atoms with van der Waals surface area (Å²) in [7, 11) is 3.47. The van der Waals surface area contributed by atoms with Gasteiger partial charge in [-0.1, -0.05) is 6.08 Å². The average molecular weight is 474 g/mol. The third-order valence-electron chi connectivity index (χ3n) is 6.29. The molecular weight excluding hydrogens is 446 g/mol. The van der Waals surface area contributed by atoms with Crippen molar-refractivity contribution in [3.63, 3.8) is 0 Å². The van der Waals surface area contributed by atoms with Crippen molar-refractivity contribution in [3.05, 3.63) is 54.4 Å². The van der Waals surface area contributed by atoms with Crippen LogP contribution in [-0.2, 0) is 11.8 Å². The number of pyridine rings is 2. The molecule has 5 rings (SSSR count). The van der Waals surface area contributed by atoms with Gasteiger partial charge in [-0.25, -0.2) is 14.8 Å². The summed E-state index contributed by atoms with van der Waals surface area (Å²) in [6, 6.07) is 11.4. The minimum absolute atomic E-state index is 0.117. The summed E-state index contributed by atoms with van der Waals surface area (Å²) < 4.78 is 12.7. The van der Waals surface area contributed by atoms with Crippen molar-refractivity contribution in [2.24, 2.45) is 7.05 Å². The zero-order chi connectivity index (χ0) is 24.7. The van der Waals surface area contributed by atoms with Crippen molar-refractivity contribution in [2.75, 3.05) is 13.9 Å². The van der Waals surface area contributed by atoms with E-state index in [1.807, 2.05) is 69.6 Å². The van der Waals surface area contributed by atoms with Gasteiger partial charge in [-0.2, -0.15) is 5.10 Å². The number of aromatic nitrogens is 4. The Morgan fingerprint density at radius 3 is 2.49 bits per heavy atom. The van der Waals surface area contributed by atoms with Crippen LogP contribution >= 0.6 is 0 Å². The molecule has 0 radical (unpaired) electrons. The zero-order valence-electron chi connectivity index (χ0n) is 20.1. The monoisotopic (exact) mass is 473 g/mol. The minimum Gasteiger partial charge on any atom is -0.467 e. The van der Waals surface area contributed by atoms with Crippen molar-refractivity contribution in [2.45, 2.75) is 32.4 Å². The zero-order valence-corrected chi connectivity index (χ0v) is 20.1. The summed E-state index contributed by atoms with van der Waals surface area (Å²) in [4.78, 5) is 22.7. The van der Waals surface area contributed by atoms with Crippen LogP contribution < -0.4 is 4.74 Å². The number of nitrogens with zero attached hydrogens (tertiary/aromatic N) is 5. The van der Waals surface area contributed by atoms with Crippen LogP contribution in [0.1, 0.15) is 26.0 Å². The SMILES string of the molecule is COCOc1cc2nn(C)cc2cc1-c1ccc2nc(C3=C[C@H](C)N(C(=O)O)[C@H](C)C3)ccc2n1. The highest BCUT2D eigenvalue weighted by Crippen LogP contribution is 2.34. The highest BCUT2D eigenvalue weighted by atomic mass is 16.7. The number of aryl methyl sites for hydroxylation is 1. The minimum atomic E-state index is -0.901. The first kappa shape index (κ1) is 22.8. The van der Waals surface area contributed by atoms with Crippen LogP contribution in [0.4, 0.5) is 4.79 Å². The highest BCUT2D eigenvalue weighted by molar-refractivity contribution is 5.89. The van der Waals surface area contributed by atoms with Gasteiger partial charge in [-0.05, 0) is 56.2 Å². The van der Waals surface area contributed by atoms with Gasteiger partial charge in [-0.3, -0.25) is 9.58 Å². The molecular formula is C26H27N5O4. The Bertz CT molecular complexity index is 1460. The smallest absolute Gasteiger partial charge is 0.408 e. The highest BCUT2D eigenvalue weighted by Gasteiger charge is 2.29. The first-order valence-electron chi connectivity index (χ1n) is 11.4. The van der Waals surface area contributed by atoms with Crippen molar-refractivity contribution >= 4 is 33.6 Å². The van der Waals surface area contributed by atoms with E-state index in [9.17, 15) is 9.90 Å². The number of carbonyl (C=O) groups is 1. The molecule has 9 heteroatoms. The fourth-order valence-corrected chi connectivity index (χ4v) is 4.77. The first-order valence-corrected chi connectivity index (χ1v) is 11.4. The number of hydrogen-bond donors (Lipinski definition) is 1. The van der Waals surface area contributed by atoms with Crippen LogP contribution in [0.2, 0.25) is 0 Å². The third-order valence-corrected chi connectivity index (χ3v) is 6.29. The maximum Gasteiger partial charge on any atom is 0.408 e. The number of amides is 1. The molecule has 0 saturated carbocycles. The summed E-state index contributed by atoms with van der Waals surface area (Å²) in [5, 5.41) is 14.9. The predicted octanol–water partition coefficient (Wildman–Crippen LogP) is 4.71. The quantitative estimate of drug-likeness (QED) is 0.419. The van der Waals surface area contributed by atoms with Gasteiger partial charge < -0.3 is 14.6 Å². The summed E-state index contributed by atoms with van der Waals surface area (Å²) in [5.74, 6) is 0.646. The van der Waals surface area contributed by atoms with E-state index in [1.165, 1.54) is 4.90 Å². The molecule has 0 aliphatic carbocycles. The van der Waals surface area contributed by atoms with Gasteiger partial charge in [-0.15, -0.1) is 0 Å². The van der Waals surface area contributed by atoms with E-state index in [2.05, 4.69) is 5.10 Å². The van der Waals surface area contributed by atoms with Gasteiger partial charge in [0, 0.05) is 43.4 Å². The average Bonchev–Trinajstić information content (AvgIpc) is 3.19. The summed E-state index contributed by atoms with van der Waals surface area (Å²) >= 11 is 0. The van der Waals surface area contributed by atoms with Gasteiger partial charge >= 0.3 is 6.09 Å². The molecule has 1 aromatic carbocycles. The lowest BCUT2D eigenvalue weighted by Gasteiger charge is -2.35. The fourth-order valence-electron chi connectivity index (χ4n) is 4.77. The van der Waals surface area contributed by atoms with E-state index >= 15 is 0 Å². The number of rotatable bonds is 5. The Morgan fingerprint density at radius 2 is 1.80 bits per heavy atom. The lowest BCUT2D eigenvalue weighted by atomic mass is 9.94. The number of carboxylic acid groups (broad SMARTS) is 1. The van der Waals surface area contributed by atoms with Crippen LogP contribution in [0, 0.1) is 0 Å². The van der Waals surface area contributed by atoms with E-state index in [1.54, 1.807) is 11.8 Å². The Morgan fingerprint density at radius 1 is 1.09 bits per heavy atom. The maximum atomic E-state index is 11.5. The van der Waals surface area contributed by atoms with E-state index < -0.39 is 6.09 Å². The number of ether oxygens (including phenoxy) is 2. The molecule has 1 aliphatic heterocycles. The second-order valence-electron chi connectivity index (χ2n) is 8.87. The second-order valence-corrected chi connectivity index (χ2v) is 8.87. The van der Waals surface area contributed by atoms with E-state index in [0.717, 1.165) is 44.5 Å². The molecule has 0 saturated heterocycles. The Balaban J connectivity index is 1.52. The number of hydrogen-bond acceptors (Lipinski definition) is 6. The normalized spacial score (nSPS) is 18.2. The van der Waals surface area contributed by atoms with E-state index in [0.29, 0.717) is 12.2 Å². The molecule has 1 amide bonds. The van der Waals surface area contributed by atoms with Crippen LogP contribution in [-0.4, -0.2) is 61.8 Å². The van der Waals surface area contributed by atoms with E-state index in [-0.39, 0.29) is 18.9 Å². The fraction of sp³-hybridized carbons (Fsp3) is 0.308. The molecule has 1 N–H and O–H groups in total. The third kappa shape index (κ3) is 4.30. The molecule has 1 aliphatic rings. The molecule has 0 unspecified atom stereocenters. The standard InChI is InChI=1S/C26H27N5O4/c1-15-9-17(10-16(2)31(15)26(32)33)20-5-7-23-22(27-20)8-6-21(28-23)19-11-18-13-30(3)29-24(18)12-25(19)35-14-34-4/h5-9,11-13,15-16H,10,14H2,1-4H3,(H,32,33)/t15-,16+/m0/s1. The van der Waals surface area contributed by atoms with Gasteiger partial charge in [0.1, 0.15) is 5.75 Å². The molecule has 35 heavy (non-hydrogen) atoms. The molecule has 4 heterocycles. The van der Waals surface area contributed by atoms with Crippen LogP contribution in [0.5, 0.6) is 5.75 Å². The van der Waals surface area contributed by atoms with Crippen molar-refractivity contribution in [3.8, 4) is 17.0 Å². The van der Waals surface area contributed by atoms with Crippen LogP contribution in [0.15, 0.2) is 48.7 Å². The van der Waals surface area contributed by atoms with E-state index in [4.69, 9.17) is 19.4 Å². The lowest BCUT2D eigenvalue weighted by molar-refractivity contribution is 0.0516. The van der Waals surface area contributed by atoms with Gasteiger partial charge in [0.2, 0.25) is 0 Å². The Kier molecular flexibility index (Phi) is 5.86. The Hall–Kier alpha value is -3.98. The molecule has 0 spiro atoms. The van der Waals surface area contributed by atoms with Gasteiger partial charge in [0.25, 0.3) is 0 Å². The van der Waals surface area contributed by atoms with Crippen LogP contribution in [0.25, 0.3) is 38.8 Å². The lowest BCUT2D eigenvalue weighted by Crippen LogP contribution is -2.45. The van der Waals surface area contributed by atoms with Crippen LogP contribution in [0.3, 0.4) is 0 Å². The Labute approximate surface area is 202 Å². The van der Waals surface area contributed by atoms with Gasteiger partial charge in [0.05, 0.1) is 34.0 Å². The maximum absolute atomic E-state index is 11.5. The largest absolute Gasteiger partial charge is 0.467 e. The number of benzene rings is 1. The molecule has 4 aromatic rings. The molecule has 0 bridgehead atoms. The molecule has 2 atom stereocenters. The molecule has 9 nitrogen and oxygen atoms in total. The summed E-state index contributed by atoms with van der Waals surface area (Å²) in [5.41, 5.74) is 5.87. The first-order chi connectivity index (χ1) is 16.8. The van der Waals surface area contributed by atoms with Crippen molar-refractivity contribution < 1.29 is 19.4 Å². The van der Waals surface area contributed by atoms with Crippen molar-refractivity contribution in [1.29, 1.82) is 0 Å². The second kappa shape index (κ2) is 8.99. The van der Waals surface area contributed by atoms with Gasteiger partial charge in [0.15, 0.2) is 6.79 Å². The number of methoxy groups -OCH3 is 1. The van der Waals surface area contributed by atoms with Crippen molar-refractivity contribution in [1.82, 2.24) is 24.6 Å². The molecule has 3 aromatic heterocycles. The molecule has 0 fully saturated rings. The number of fused-ring (bicyclic) bond motifs is 2. The topological polar surface area (TPSA) is 103 Å². The summed E-state index contributed by atoms with van der Waals surface area (Å²) in [6.45, 7) is 3.94. The summed E-state index contributed by atoms with van der Waals surface area (Å²) in [6.07, 6.45) is 3.65. The predicted molar refractivity (Wildman–Crippen MR) is 133 cm³/mol. The molecule has 180 valence electrons.